The van der Waals surface area contributed by atoms with Crippen LogP contribution in [-0.2, 0) is 24.8 Å². The van der Waals surface area contributed by atoms with Crippen molar-refractivity contribution in [1.29, 1.82) is 0 Å². The van der Waals surface area contributed by atoms with Gasteiger partial charge in [0.05, 0.1) is 0 Å². The third-order valence-corrected chi connectivity index (χ3v) is 4.28. The number of aryl methyl sites for hydroxylation is 2. The molecule has 2 aromatic rings. The molecule has 1 atom stereocenters. The summed E-state index contributed by atoms with van der Waals surface area (Å²) in [5, 5.41) is 0. The van der Waals surface area contributed by atoms with Crippen LogP contribution in [0.25, 0.3) is 0 Å². The van der Waals surface area contributed by atoms with Crippen LogP contribution in [0.4, 0.5) is 0 Å². The molecule has 0 bridgehead atoms. The highest BCUT2D eigenvalue weighted by Crippen LogP contribution is 2.28. The van der Waals surface area contributed by atoms with Crippen LogP contribution in [0.1, 0.15) is 42.1 Å². The van der Waals surface area contributed by atoms with Gasteiger partial charge in [-0.1, -0.05) is 24.3 Å². The van der Waals surface area contributed by atoms with Crippen LogP contribution in [0.3, 0.4) is 0 Å². The molecule has 3 rings (SSSR count). The predicted molar refractivity (Wildman–Crippen MR) is 82.6 cm³/mol. The Bertz CT molecular complexity index is 588. The molecule has 20 heavy (non-hydrogen) atoms. The lowest BCUT2D eigenvalue weighted by Crippen LogP contribution is -2.36. The van der Waals surface area contributed by atoms with Crippen molar-refractivity contribution >= 4 is 0 Å². The third kappa shape index (κ3) is 2.75. The number of benzene rings is 1. The molecule has 0 saturated heterocycles. The van der Waals surface area contributed by atoms with E-state index in [1.165, 1.54) is 42.4 Å². The van der Waals surface area contributed by atoms with Crippen molar-refractivity contribution in [1.82, 2.24) is 4.98 Å². The van der Waals surface area contributed by atoms with Crippen molar-refractivity contribution in [2.45, 2.75) is 44.6 Å². The van der Waals surface area contributed by atoms with Crippen LogP contribution in [0.2, 0.25) is 0 Å². The van der Waals surface area contributed by atoms with E-state index in [0.717, 1.165) is 12.1 Å². The lowest BCUT2D eigenvalue weighted by atomic mass is 9.83. The summed E-state index contributed by atoms with van der Waals surface area (Å²) in [6.07, 6.45) is 7.64. The number of nitrogens with two attached hydrogens (primary N) is 1. The second-order valence-corrected chi connectivity index (χ2v) is 6.11. The molecule has 1 aromatic heterocycles. The molecule has 1 aliphatic rings. The van der Waals surface area contributed by atoms with E-state index in [1.807, 2.05) is 24.4 Å². The maximum absolute atomic E-state index is 6.56. The lowest BCUT2D eigenvalue weighted by Gasteiger charge is -2.27. The third-order valence-electron chi connectivity index (χ3n) is 4.28. The van der Waals surface area contributed by atoms with Crippen molar-refractivity contribution in [3.8, 4) is 0 Å². The predicted octanol–water partition coefficient (Wildman–Crippen LogP) is 3.38. The zero-order valence-corrected chi connectivity index (χ0v) is 12.1. The van der Waals surface area contributed by atoms with Crippen LogP contribution in [-0.4, -0.2) is 4.98 Å². The average molecular weight is 266 g/mol. The van der Waals surface area contributed by atoms with Gasteiger partial charge in [-0.2, -0.15) is 0 Å². The first kappa shape index (κ1) is 13.3. The monoisotopic (exact) mass is 266 g/mol. The zero-order chi connectivity index (χ0) is 14.0. The fourth-order valence-electron chi connectivity index (χ4n) is 3.07. The van der Waals surface area contributed by atoms with Gasteiger partial charge in [0.2, 0.25) is 0 Å². The first-order valence-electron chi connectivity index (χ1n) is 7.46. The fraction of sp³-hybridized carbons (Fsp3) is 0.389. The number of aromatic nitrogens is 1. The molecule has 0 spiro atoms. The maximum Gasteiger partial charge on any atom is 0.0437 e. The summed E-state index contributed by atoms with van der Waals surface area (Å²) in [5.41, 5.74) is 11.5. The average Bonchev–Trinajstić information content (AvgIpc) is 2.47. The Morgan fingerprint density at radius 3 is 2.65 bits per heavy atom. The van der Waals surface area contributed by atoms with Crippen LogP contribution < -0.4 is 5.73 Å². The summed E-state index contributed by atoms with van der Waals surface area (Å²) in [4.78, 5) is 4.40. The molecule has 2 N–H and O–H groups in total. The molecule has 0 aliphatic heterocycles. The topological polar surface area (TPSA) is 38.9 Å². The molecule has 0 amide bonds. The van der Waals surface area contributed by atoms with E-state index in [0.29, 0.717) is 0 Å². The van der Waals surface area contributed by atoms with E-state index in [2.05, 4.69) is 30.1 Å². The molecular formula is C18H22N2. The Morgan fingerprint density at radius 2 is 1.90 bits per heavy atom. The van der Waals surface area contributed by atoms with Gasteiger partial charge in [-0.25, -0.2) is 0 Å². The maximum atomic E-state index is 6.56. The standard InChI is InChI=1S/C18H22N2/c1-18(19,13-17-8-4-5-11-20-17)16-10-9-14-6-2-3-7-15(14)12-16/h4-5,8-12H,2-3,6-7,13,19H2,1H3. The molecule has 0 radical (unpaired) electrons. The molecule has 1 unspecified atom stereocenters. The largest absolute Gasteiger partial charge is 0.321 e. The second-order valence-electron chi connectivity index (χ2n) is 6.11. The first-order chi connectivity index (χ1) is 9.65. The number of rotatable bonds is 3. The van der Waals surface area contributed by atoms with E-state index in [1.54, 1.807) is 0 Å². The summed E-state index contributed by atoms with van der Waals surface area (Å²) in [5.74, 6) is 0. The smallest absolute Gasteiger partial charge is 0.0437 e. The Balaban J connectivity index is 1.87. The van der Waals surface area contributed by atoms with Gasteiger partial charge in [-0.3, -0.25) is 4.98 Å². The summed E-state index contributed by atoms with van der Waals surface area (Å²) in [6.45, 7) is 2.10. The van der Waals surface area contributed by atoms with E-state index < -0.39 is 0 Å². The molecule has 104 valence electrons. The highest BCUT2D eigenvalue weighted by Gasteiger charge is 2.23. The van der Waals surface area contributed by atoms with Crippen LogP contribution in [0.15, 0.2) is 42.6 Å². The molecule has 1 aliphatic carbocycles. The normalized spacial score (nSPS) is 17.3. The number of nitrogens with zero attached hydrogens (tertiary/aromatic N) is 1. The molecule has 1 aromatic carbocycles. The molecule has 0 fully saturated rings. The van der Waals surface area contributed by atoms with Crippen LogP contribution in [0, 0.1) is 0 Å². The van der Waals surface area contributed by atoms with Gasteiger partial charge in [0.15, 0.2) is 0 Å². The lowest BCUT2D eigenvalue weighted by molar-refractivity contribution is 0.484. The minimum absolute atomic E-state index is 0.360. The van der Waals surface area contributed by atoms with Gasteiger partial charge in [0.25, 0.3) is 0 Å². The van der Waals surface area contributed by atoms with E-state index in [4.69, 9.17) is 5.73 Å². The summed E-state index contributed by atoms with van der Waals surface area (Å²) >= 11 is 0. The van der Waals surface area contributed by atoms with Gasteiger partial charge in [0, 0.05) is 23.9 Å². The van der Waals surface area contributed by atoms with Crippen LogP contribution >= 0.6 is 0 Å². The van der Waals surface area contributed by atoms with Crippen molar-refractivity contribution in [3.05, 3.63) is 65.0 Å². The SMILES string of the molecule is CC(N)(Cc1ccccn1)c1ccc2c(c1)CCCC2. The first-order valence-corrected chi connectivity index (χ1v) is 7.46. The van der Waals surface area contributed by atoms with E-state index in [-0.39, 0.29) is 5.54 Å². The Kier molecular flexibility index (Phi) is 3.58. The number of hydrogen-bond acceptors (Lipinski definition) is 2. The Morgan fingerprint density at radius 1 is 1.10 bits per heavy atom. The van der Waals surface area contributed by atoms with Gasteiger partial charge >= 0.3 is 0 Å². The van der Waals surface area contributed by atoms with Crippen LogP contribution in [0.5, 0.6) is 0 Å². The van der Waals surface area contributed by atoms with E-state index in [9.17, 15) is 0 Å². The van der Waals surface area contributed by atoms with Crippen molar-refractivity contribution in [2.75, 3.05) is 0 Å². The molecule has 1 heterocycles. The minimum Gasteiger partial charge on any atom is -0.321 e. The minimum atomic E-state index is -0.360. The quantitative estimate of drug-likeness (QED) is 0.925. The van der Waals surface area contributed by atoms with Gasteiger partial charge in [0.1, 0.15) is 0 Å². The van der Waals surface area contributed by atoms with Gasteiger partial charge in [-0.15, -0.1) is 0 Å². The molecule has 2 heteroatoms. The molecule has 0 saturated carbocycles. The van der Waals surface area contributed by atoms with Gasteiger partial charge < -0.3 is 5.73 Å². The second kappa shape index (κ2) is 5.37. The zero-order valence-electron chi connectivity index (χ0n) is 12.1. The van der Waals surface area contributed by atoms with Gasteiger partial charge in [-0.05, 0) is 61.4 Å². The summed E-state index contributed by atoms with van der Waals surface area (Å²) < 4.78 is 0. The molecule has 2 nitrogen and oxygen atoms in total. The highest BCUT2D eigenvalue weighted by molar-refractivity contribution is 5.37. The fourth-order valence-corrected chi connectivity index (χ4v) is 3.07. The van der Waals surface area contributed by atoms with Crippen molar-refractivity contribution < 1.29 is 0 Å². The Hall–Kier alpha value is -1.67. The van der Waals surface area contributed by atoms with E-state index >= 15 is 0 Å². The number of hydrogen-bond donors (Lipinski definition) is 1. The number of pyridine rings is 1. The highest BCUT2D eigenvalue weighted by atomic mass is 14.8. The summed E-state index contributed by atoms with van der Waals surface area (Å²) in [7, 11) is 0. The number of fused-ring (bicyclic) bond motifs is 1. The van der Waals surface area contributed by atoms with Crippen molar-refractivity contribution in [3.63, 3.8) is 0 Å². The summed E-state index contributed by atoms with van der Waals surface area (Å²) in [6, 6.07) is 12.8. The Labute approximate surface area is 121 Å². The van der Waals surface area contributed by atoms with Crippen molar-refractivity contribution in [2.24, 2.45) is 5.73 Å². The molecular weight excluding hydrogens is 244 g/mol.